The van der Waals surface area contributed by atoms with Crippen molar-refractivity contribution in [2.45, 2.75) is 31.7 Å². The average molecular weight is 295 g/mol. The molecule has 0 aliphatic heterocycles. The highest BCUT2D eigenvalue weighted by Crippen LogP contribution is 2.05. The monoisotopic (exact) mass is 295 g/mol. The lowest BCUT2D eigenvalue weighted by Gasteiger charge is -2.13. The molecule has 1 atom stereocenters. The quantitative estimate of drug-likeness (QED) is 0.761. The molecule has 3 nitrogen and oxygen atoms in total. The van der Waals surface area contributed by atoms with Gasteiger partial charge in [-0.05, 0) is 30.4 Å². The Labute approximate surface area is 131 Å². The summed E-state index contributed by atoms with van der Waals surface area (Å²) in [6.07, 6.45) is 3.44. The molecule has 0 aliphatic rings. The van der Waals surface area contributed by atoms with Crippen LogP contribution in [0.1, 0.15) is 24.0 Å². The van der Waals surface area contributed by atoms with Gasteiger partial charge in [0.25, 0.3) is 0 Å². The number of carbonyl (C=O) groups excluding carboxylic acids is 2. The maximum absolute atomic E-state index is 11.9. The Balaban J connectivity index is 1.74. The third kappa shape index (κ3) is 5.52. The first-order valence-electron chi connectivity index (χ1n) is 7.60. The average Bonchev–Trinajstić information content (AvgIpc) is 2.56. The van der Waals surface area contributed by atoms with Crippen molar-refractivity contribution < 1.29 is 9.59 Å². The zero-order chi connectivity index (χ0) is 15.6. The number of aryl methyl sites for hydroxylation is 1. The van der Waals surface area contributed by atoms with Crippen LogP contribution in [0.2, 0.25) is 0 Å². The molecule has 1 unspecified atom stereocenters. The third-order valence-electron chi connectivity index (χ3n) is 3.52. The van der Waals surface area contributed by atoms with Crippen molar-refractivity contribution in [3.8, 4) is 0 Å². The van der Waals surface area contributed by atoms with E-state index in [9.17, 15) is 9.59 Å². The minimum absolute atomic E-state index is 0.0658. The Morgan fingerprint density at radius 1 is 0.955 bits per heavy atom. The highest BCUT2D eigenvalue weighted by molar-refractivity contribution is 5.79. The SMILES string of the molecule is O=CC(Cc1ccccc1)NC(=O)CCCc1ccccc1. The summed E-state index contributed by atoms with van der Waals surface area (Å²) < 4.78 is 0. The molecule has 2 rings (SSSR count). The van der Waals surface area contributed by atoms with Crippen LogP contribution in [0.3, 0.4) is 0 Å². The molecule has 2 aromatic carbocycles. The van der Waals surface area contributed by atoms with Gasteiger partial charge < -0.3 is 10.1 Å². The van der Waals surface area contributed by atoms with Gasteiger partial charge in [-0.15, -0.1) is 0 Å². The van der Waals surface area contributed by atoms with Crippen LogP contribution in [0.25, 0.3) is 0 Å². The van der Waals surface area contributed by atoms with Crippen molar-refractivity contribution in [3.63, 3.8) is 0 Å². The highest BCUT2D eigenvalue weighted by Gasteiger charge is 2.11. The topological polar surface area (TPSA) is 46.2 Å². The molecule has 0 radical (unpaired) electrons. The van der Waals surface area contributed by atoms with Crippen LogP contribution in [0.5, 0.6) is 0 Å². The van der Waals surface area contributed by atoms with Gasteiger partial charge in [0.1, 0.15) is 6.29 Å². The van der Waals surface area contributed by atoms with Crippen LogP contribution in [0.4, 0.5) is 0 Å². The van der Waals surface area contributed by atoms with Crippen molar-refractivity contribution >= 4 is 12.2 Å². The molecule has 0 bridgehead atoms. The lowest BCUT2D eigenvalue weighted by Crippen LogP contribution is -2.37. The molecule has 0 spiro atoms. The zero-order valence-corrected chi connectivity index (χ0v) is 12.6. The summed E-state index contributed by atoms with van der Waals surface area (Å²) in [6, 6.07) is 19.3. The van der Waals surface area contributed by atoms with Crippen molar-refractivity contribution in [3.05, 3.63) is 71.8 Å². The minimum atomic E-state index is -0.452. The van der Waals surface area contributed by atoms with E-state index in [1.165, 1.54) is 5.56 Å². The molecule has 0 heterocycles. The van der Waals surface area contributed by atoms with Crippen LogP contribution < -0.4 is 5.32 Å². The van der Waals surface area contributed by atoms with E-state index in [-0.39, 0.29) is 5.91 Å². The number of benzene rings is 2. The summed E-state index contributed by atoms with van der Waals surface area (Å²) >= 11 is 0. The minimum Gasteiger partial charge on any atom is -0.346 e. The Hall–Kier alpha value is -2.42. The first kappa shape index (κ1) is 16.0. The molecule has 0 aliphatic carbocycles. The predicted octanol–water partition coefficient (Wildman–Crippen LogP) is 2.94. The van der Waals surface area contributed by atoms with Crippen molar-refractivity contribution in [2.24, 2.45) is 0 Å². The van der Waals surface area contributed by atoms with Gasteiger partial charge in [0, 0.05) is 6.42 Å². The van der Waals surface area contributed by atoms with Crippen molar-refractivity contribution in [2.75, 3.05) is 0 Å². The van der Waals surface area contributed by atoms with Gasteiger partial charge >= 0.3 is 0 Å². The molecule has 22 heavy (non-hydrogen) atoms. The summed E-state index contributed by atoms with van der Waals surface area (Å²) in [4.78, 5) is 23.0. The van der Waals surface area contributed by atoms with E-state index >= 15 is 0 Å². The van der Waals surface area contributed by atoms with Crippen LogP contribution in [-0.4, -0.2) is 18.2 Å². The Morgan fingerprint density at radius 2 is 1.55 bits per heavy atom. The van der Waals surface area contributed by atoms with Crippen LogP contribution >= 0.6 is 0 Å². The summed E-state index contributed by atoms with van der Waals surface area (Å²) in [5.74, 6) is -0.0658. The molecule has 0 saturated carbocycles. The molecule has 0 fully saturated rings. The first-order chi connectivity index (χ1) is 10.8. The van der Waals surface area contributed by atoms with Gasteiger partial charge in [-0.1, -0.05) is 60.7 Å². The summed E-state index contributed by atoms with van der Waals surface area (Å²) in [5.41, 5.74) is 2.27. The largest absolute Gasteiger partial charge is 0.346 e. The Kier molecular flexibility index (Phi) is 6.37. The molecule has 1 N–H and O–H groups in total. The van der Waals surface area contributed by atoms with Crippen molar-refractivity contribution in [1.82, 2.24) is 5.32 Å². The number of carbonyl (C=O) groups is 2. The fourth-order valence-electron chi connectivity index (χ4n) is 2.38. The normalized spacial score (nSPS) is 11.6. The Morgan fingerprint density at radius 3 is 2.14 bits per heavy atom. The number of nitrogens with one attached hydrogen (secondary N) is 1. The first-order valence-corrected chi connectivity index (χ1v) is 7.60. The second kappa shape index (κ2) is 8.78. The zero-order valence-electron chi connectivity index (χ0n) is 12.6. The maximum Gasteiger partial charge on any atom is 0.220 e. The number of hydrogen-bond donors (Lipinski definition) is 1. The molecular formula is C19H21NO2. The van der Waals surface area contributed by atoms with Gasteiger partial charge in [0.15, 0.2) is 0 Å². The lowest BCUT2D eigenvalue weighted by molar-refractivity contribution is -0.124. The molecule has 0 aromatic heterocycles. The number of amides is 1. The Bertz CT molecular complexity index is 581. The van der Waals surface area contributed by atoms with E-state index in [1.54, 1.807) is 0 Å². The second-order valence-corrected chi connectivity index (χ2v) is 5.34. The van der Waals surface area contributed by atoms with Gasteiger partial charge in [0.05, 0.1) is 6.04 Å². The molecule has 0 saturated heterocycles. The predicted molar refractivity (Wildman–Crippen MR) is 87.5 cm³/mol. The van der Waals surface area contributed by atoms with E-state index in [0.29, 0.717) is 12.8 Å². The molecule has 3 heteroatoms. The summed E-state index contributed by atoms with van der Waals surface area (Å²) in [7, 11) is 0. The van der Waals surface area contributed by atoms with E-state index in [2.05, 4.69) is 17.4 Å². The van der Waals surface area contributed by atoms with E-state index < -0.39 is 6.04 Å². The molecule has 2 aromatic rings. The van der Waals surface area contributed by atoms with E-state index in [4.69, 9.17) is 0 Å². The fourth-order valence-corrected chi connectivity index (χ4v) is 2.38. The fraction of sp³-hybridized carbons (Fsp3) is 0.263. The number of aldehydes is 1. The van der Waals surface area contributed by atoms with Gasteiger partial charge in [-0.2, -0.15) is 0 Å². The van der Waals surface area contributed by atoms with Crippen LogP contribution in [-0.2, 0) is 22.4 Å². The number of hydrogen-bond acceptors (Lipinski definition) is 2. The maximum atomic E-state index is 11.9. The van der Waals surface area contributed by atoms with Gasteiger partial charge in [-0.3, -0.25) is 4.79 Å². The smallest absolute Gasteiger partial charge is 0.220 e. The lowest BCUT2D eigenvalue weighted by atomic mass is 10.1. The van der Waals surface area contributed by atoms with Gasteiger partial charge in [0.2, 0.25) is 5.91 Å². The summed E-state index contributed by atoms with van der Waals surface area (Å²) in [6.45, 7) is 0. The van der Waals surface area contributed by atoms with E-state index in [0.717, 1.165) is 24.7 Å². The van der Waals surface area contributed by atoms with Crippen LogP contribution in [0.15, 0.2) is 60.7 Å². The summed E-state index contributed by atoms with van der Waals surface area (Å²) in [5, 5.41) is 2.79. The van der Waals surface area contributed by atoms with Crippen molar-refractivity contribution in [1.29, 1.82) is 0 Å². The molecule has 114 valence electrons. The number of rotatable bonds is 8. The second-order valence-electron chi connectivity index (χ2n) is 5.34. The molecule has 1 amide bonds. The van der Waals surface area contributed by atoms with Gasteiger partial charge in [-0.25, -0.2) is 0 Å². The highest BCUT2D eigenvalue weighted by atomic mass is 16.2. The van der Waals surface area contributed by atoms with Crippen LogP contribution in [0, 0.1) is 0 Å². The third-order valence-corrected chi connectivity index (χ3v) is 3.52. The van der Waals surface area contributed by atoms with E-state index in [1.807, 2.05) is 48.5 Å². The molecular weight excluding hydrogens is 274 g/mol. The standard InChI is InChI=1S/C19H21NO2/c21-15-18(14-17-10-5-2-6-11-17)20-19(22)13-7-12-16-8-3-1-4-9-16/h1-6,8-11,15,18H,7,12-14H2,(H,20,22).